The van der Waals surface area contributed by atoms with Crippen molar-refractivity contribution in [3.8, 4) is 0 Å². The molecule has 31 heavy (non-hydrogen) atoms. The van der Waals surface area contributed by atoms with E-state index in [1.165, 1.54) is 31.3 Å². The lowest BCUT2D eigenvalue weighted by Gasteiger charge is -2.32. The first-order valence-electron chi connectivity index (χ1n) is 10.1. The number of carbonyl (C=O) groups excluding carboxylic acids is 1. The van der Waals surface area contributed by atoms with Crippen LogP contribution in [0.4, 0.5) is 4.39 Å². The normalized spacial score (nSPS) is 16.4. The second kappa shape index (κ2) is 8.77. The average Bonchev–Trinajstić information content (AvgIpc) is 2.75. The van der Waals surface area contributed by atoms with Crippen LogP contribution in [-0.4, -0.2) is 45.3 Å². The van der Waals surface area contributed by atoms with Gasteiger partial charge >= 0.3 is 0 Å². The van der Waals surface area contributed by atoms with E-state index in [0.29, 0.717) is 26.1 Å². The highest BCUT2D eigenvalue weighted by molar-refractivity contribution is 5.92. The highest BCUT2D eigenvalue weighted by Crippen LogP contribution is 2.24. The monoisotopic (exact) mass is 422 g/mol. The minimum absolute atomic E-state index is 0.215. The Kier molecular flexibility index (Phi) is 5.90. The number of halogens is 1. The Morgan fingerprint density at radius 1 is 1.19 bits per heavy atom. The van der Waals surface area contributed by atoms with Gasteiger partial charge in [0.25, 0.3) is 11.5 Å². The van der Waals surface area contributed by atoms with Crippen LogP contribution in [0.3, 0.4) is 0 Å². The van der Waals surface area contributed by atoms with Crippen molar-refractivity contribution in [2.45, 2.75) is 19.4 Å². The zero-order valence-corrected chi connectivity index (χ0v) is 17.4. The molecule has 1 atom stereocenters. The summed E-state index contributed by atoms with van der Waals surface area (Å²) < 4.78 is 20.6. The predicted molar refractivity (Wildman–Crippen MR) is 112 cm³/mol. The van der Waals surface area contributed by atoms with Crippen molar-refractivity contribution in [2.75, 3.05) is 19.7 Å². The first-order valence-corrected chi connectivity index (χ1v) is 10.1. The van der Waals surface area contributed by atoms with Crippen LogP contribution in [0, 0.1) is 12.7 Å². The fraction of sp³-hybridized carbons (Fsp3) is 0.304. The number of aromatic nitrogens is 3. The van der Waals surface area contributed by atoms with E-state index in [0.717, 1.165) is 27.2 Å². The third-order valence-corrected chi connectivity index (χ3v) is 5.19. The first kappa shape index (κ1) is 20.9. The summed E-state index contributed by atoms with van der Waals surface area (Å²) in [5.41, 5.74) is 3.38. The van der Waals surface area contributed by atoms with Gasteiger partial charge in [0, 0.05) is 25.4 Å². The molecule has 0 N–H and O–H groups in total. The van der Waals surface area contributed by atoms with Gasteiger partial charge in [-0.05, 0) is 54.8 Å². The van der Waals surface area contributed by atoms with E-state index in [1.54, 1.807) is 11.0 Å². The second-order valence-corrected chi connectivity index (χ2v) is 7.64. The second-order valence-electron chi connectivity index (χ2n) is 7.64. The van der Waals surface area contributed by atoms with Crippen LogP contribution in [0.1, 0.15) is 39.1 Å². The van der Waals surface area contributed by atoms with Gasteiger partial charge in [-0.3, -0.25) is 14.6 Å². The number of ether oxygens (including phenoxy) is 1. The quantitative estimate of drug-likeness (QED) is 0.645. The Hall–Kier alpha value is -3.39. The smallest absolute Gasteiger partial charge is 0.274 e. The maximum Gasteiger partial charge on any atom is 0.274 e. The lowest BCUT2D eigenvalue weighted by atomic mass is 10.0. The van der Waals surface area contributed by atoms with Crippen LogP contribution >= 0.6 is 0 Å². The number of benzene rings is 1. The fourth-order valence-electron chi connectivity index (χ4n) is 3.71. The van der Waals surface area contributed by atoms with Crippen molar-refractivity contribution in [2.24, 2.45) is 7.05 Å². The molecule has 0 saturated carbocycles. The van der Waals surface area contributed by atoms with Crippen LogP contribution in [0.2, 0.25) is 0 Å². The summed E-state index contributed by atoms with van der Waals surface area (Å²) in [5.74, 6) is -0.517. The number of hydrogen-bond donors (Lipinski definition) is 0. The Morgan fingerprint density at radius 3 is 2.81 bits per heavy atom. The largest absolute Gasteiger partial charge is 0.368 e. The third kappa shape index (κ3) is 4.86. The molecule has 7 nitrogen and oxygen atoms in total. The maximum atomic E-state index is 13.5. The lowest BCUT2D eigenvalue weighted by Crippen LogP contribution is -2.43. The Morgan fingerprint density at radius 2 is 2.03 bits per heavy atom. The summed E-state index contributed by atoms with van der Waals surface area (Å²) in [6.45, 7) is 3.04. The van der Waals surface area contributed by atoms with Gasteiger partial charge in [0.2, 0.25) is 0 Å². The zero-order valence-electron chi connectivity index (χ0n) is 17.4. The standard InChI is InChI=1S/C23H23FN4O3/c1-15-10-17(11-16-4-3-5-18(24)12-16)13-20(25-15)21-14-28(8-9-31-21)23(30)19-6-7-22(29)27(2)26-19/h3-7,10,12-13,21H,8-9,11,14H2,1-2H3/t21-/m0/s1. The van der Waals surface area contributed by atoms with Crippen molar-refractivity contribution >= 4 is 5.91 Å². The molecule has 3 aromatic rings. The van der Waals surface area contributed by atoms with Gasteiger partial charge in [-0.15, -0.1) is 0 Å². The van der Waals surface area contributed by atoms with E-state index in [4.69, 9.17) is 4.74 Å². The van der Waals surface area contributed by atoms with Gasteiger partial charge in [-0.1, -0.05) is 12.1 Å². The summed E-state index contributed by atoms with van der Waals surface area (Å²) in [5, 5.41) is 4.05. The number of rotatable bonds is 4. The number of carbonyl (C=O) groups is 1. The molecule has 3 heterocycles. The van der Waals surface area contributed by atoms with E-state index in [2.05, 4.69) is 10.1 Å². The van der Waals surface area contributed by atoms with Crippen LogP contribution in [-0.2, 0) is 18.2 Å². The van der Waals surface area contributed by atoms with E-state index in [1.807, 2.05) is 25.1 Å². The summed E-state index contributed by atoms with van der Waals surface area (Å²) in [7, 11) is 1.51. The summed E-state index contributed by atoms with van der Waals surface area (Å²) >= 11 is 0. The van der Waals surface area contributed by atoms with Crippen LogP contribution in [0.5, 0.6) is 0 Å². The molecule has 1 saturated heterocycles. The average molecular weight is 422 g/mol. The Bertz CT molecular complexity index is 1180. The predicted octanol–water partition coefficient (Wildman–Crippen LogP) is 2.43. The molecule has 160 valence electrons. The SMILES string of the molecule is Cc1cc(Cc2cccc(F)c2)cc([C@@H]2CN(C(=O)c3ccc(=O)n(C)n3)CCO2)n1. The van der Waals surface area contributed by atoms with Crippen molar-refractivity contribution in [1.82, 2.24) is 19.7 Å². The van der Waals surface area contributed by atoms with E-state index >= 15 is 0 Å². The molecule has 2 aromatic heterocycles. The molecule has 0 unspecified atom stereocenters. The summed E-state index contributed by atoms with van der Waals surface area (Å²) in [4.78, 5) is 30.7. The van der Waals surface area contributed by atoms with Crippen LogP contribution in [0.25, 0.3) is 0 Å². The first-order chi connectivity index (χ1) is 14.9. The molecule has 1 fully saturated rings. The minimum atomic E-state index is -0.378. The fourth-order valence-corrected chi connectivity index (χ4v) is 3.71. The Balaban J connectivity index is 1.53. The van der Waals surface area contributed by atoms with Gasteiger partial charge in [0.1, 0.15) is 17.6 Å². The lowest BCUT2D eigenvalue weighted by molar-refractivity contribution is -0.0250. The molecule has 4 rings (SSSR count). The number of hydrogen-bond acceptors (Lipinski definition) is 5. The highest BCUT2D eigenvalue weighted by atomic mass is 19.1. The molecule has 0 spiro atoms. The van der Waals surface area contributed by atoms with Gasteiger partial charge < -0.3 is 9.64 Å². The molecule has 1 aliphatic rings. The van der Waals surface area contributed by atoms with Crippen molar-refractivity contribution in [3.05, 3.63) is 92.9 Å². The third-order valence-electron chi connectivity index (χ3n) is 5.19. The minimum Gasteiger partial charge on any atom is -0.368 e. The molecule has 0 bridgehead atoms. The molecule has 1 aliphatic heterocycles. The van der Waals surface area contributed by atoms with Gasteiger partial charge in [0.15, 0.2) is 0 Å². The zero-order chi connectivity index (χ0) is 22.0. The van der Waals surface area contributed by atoms with E-state index < -0.39 is 0 Å². The topological polar surface area (TPSA) is 77.3 Å². The van der Waals surface area contributed by atoms with Gasteiger partial charge in [-0.25, -0.2) is 9.07 Å². The summed E-state index contributed by atoms with van der Waals surface area (Å²) in [6.07, 6.45) is 0.197. The van der Waals surface area contributed by atoms with Crippen molar-refractivity contribution in [3.63, 3.8) is 0 Å². The van der Waals surface area contributed by atoms with Crippen LogP contribution in [0.15, 0.2) is 53.3 Å². The van der Waals surface area contributed by atoms with E-state index in [-0.39, 0.29) is 29.1 Å². The number of nitrogens with zero attached hydrogens (tertiary/aromatic N) is 4. The van der Waals surface area contributed by atoms with Gasteiger partial charge in [0.05, 0.1) is 18.8 Å². The van der Waals surface area contributed by atoms with Crippen molar-refractivity contribution in [1.29, 1.82) is 0 Å². The highest BCUT2D eigenvalue weighted by Gasteiger charge is 2.28. The molecule has 0 radical (unpaired) electrons. The molecule has 1 amide bonds. The Labute approximate surface area is 179 Å². The van der Waals surface area contributed by atoms with Gasteiger partial charge in [-0.2, -0.15) is 5.10 Å². The molecule has 0 aliphatic carbocycles. The van der Waals surface area contributed by atoms with Crippen LogP contribution < -0.4 is 5.56 Å². The molecular weight excluding hydrogens is 399 g/mol. The number of aryl methyl sites for hydroxylation is 2. The molecule has 1 aromatic carbocycles. The molecule has 8 heteroatoms. The number of pyridine rings is 1. The number of amides is 1. The maximum absolute atomic E-state index is 13.5. The summed E-state index contributed by atoms with van der Waals surface area (Å²) in [6, 6.07) is 13.2. The molecular formula is C23H23FN4O3. The van der Waals surface area contributed by atoms with Crippen molar-refractivity contribution < 1.29 is 13.9 Å². The van der Waals surface area contributed by atoms with E-state index in [9.17, 15) is 14.0 Å². The number of morpholine rings is 1.